The highest BCUT2D eigenvalue weighted by molar-refractivity contribution is 7.90. The number of aromatic nitrogens is 2. The van der Waals surface area contributed by atoms with Crippen molar-refractivity contribution in [2.45, 2.75) is 31.2 Å². The summed E-state index contributed by atoms with van der Waals surface area (Å²) < 4.78 is 69.9. The summed E-state index contributed by atoms with van der Waals surface area (Å²) >= 11 is 0. The molecule has 0 fully saturated rings. The zero-order chi connectivity index (χ0) is 27.4. The van der Waals surface area contributed by atoms with Gasteiger partial charge in [0, 0.05) is 29.6 Å². The number of rotatable bonds is 7. The van der Waals surface area contributed by atoms with Gasteiger partial charge in [0.15, 0.2) is 0 Å². The first-order valence-electron chi connectivity index (χ1n) is 11.5. The van der Waals surface area contributed by atoms with E-state index in [0.29, 0.717) is 22.8 Å². The molecule has 2 aromatic heterocycles. The summed E-state index contributed by atoms with van der Waals surface area (Å²) in [5, 5.41) is 2.56. The summed E-state index contributed by atoms with van der Waals surface area (Å²) in [7, 11) is -4.24. The second-order valence-electron chi connectivity index (χ2n) is 8.59. The second kappa shape index (κ2) is 11.0. The van der Waals surface area contributed by atoms with Crippen molar-refractivity contribution in [3.8, 4) is 11.1 Å². The van der Waals surface area contributed by atoms with Crippen LogP contribution in [0.25, 0.3) is 11.1 Å². The lowest BCUT2D eigenvalue weighted by atomic mass is 9.94. The minimum Gasteiger partial charge on any atom is -0.329 e. The van der Waals surface area contributed by atoms with Gasteiger partial charge in [0.2, 0.25) is 5.95 Å². The van der Waals surface area contributed by atoms with Crippen LogP contribution >= 0.6 is 0 Å². The molecule has 1 atom stereocenters. The van der Waals surface area contributed by atoms with E-state index in [1.54, 1.807) is 37.3 Å². The number of urea groups is 1. The zero-order valence-corrected chi connectivity index (χ0v) is 21.2. The molecule has 0 radical (unpaired) electrons. The van der Waals surface area contributed by atoms with Crippen LogP contribution in [0.4, 0.5) is 18.0 Å². The van der Waals surface area contributed by atoms with E-state index in [1.165, 1.54) is 31.5 Å². The van der Waals surface area contributed by atoms with Gasteiger partial charge in [-0.1, -0.05) is 24.3 Å². The normalized spacial score (nSPS) is 12.1. The van der Waals surface area contributed by atoms with Gasteiger partial charge in [-0.25, -0.2) is 31.7 Å². The maximum absolute atomic E-state index is 14.3. The Morgan fingerprint density at radius 3 is 2.32 bits per heavy atom. The Morgan fingerprint density at radius 1 is 0.895 bits per heavy atom. The third-order valence-electron chi connectivity index (χ3n) is 5.88. The average Bonchev–Trinajstić information content (AvgIpc) is 2.84. The third kappa shape index (κ3) is 6.00. The SMILES string of the molecule is Cc1ccccc1S(=O)(=O)NC(=O)NC(Cc1cc(F)cc(F)c1)c1ncccc1-c1ccnc(F)c1C. The maximum atomic E-state index is 14.3. The van der Waals surface area contributed by atoms with Crippen molar-refractivity contribution < 1.29 is 26.4 Å². The van der Waals surface area contributed by atoms with Crippen LogP contribution in [-0.4, -0.2) is 24.4 Å². The van der Waals surface area contributed by atoms with Gasteiger partial charge in [-0.3, -0.25) is 4.98 Å². The molecular weight excluding hydrogens is 517 g/mol. The number of halogens is 3. The van der Waals surface area contributed by atoms with E-state index in [4.69, 9.17) is 0 Å². The number of nitrogens with zero attached hydrogens (tertiary/aromatic N) is 2. The molecule has 11 heteroatoms. The molecule has 1 unspecified atom stereocenters. The van der Waals surface area contributed by atoms with Crippen LogP contribution in [0.2, 0.25) is 0 Å². The molecule has 2 aromatic carbocycles. The fraction of sp³-hybridized carbons (Fsp3) is 0.148. The van der Waals surface area contributed by atoms with Crippen molar-refractivity contribution in [1.29, 1.82) is 0 Å². The number of carbonyl (C=O) groups is 1. The van der Waals surface area contributed by atoms with Crippen molar-refractivity contribution in [3.05, 3.63) is 113 Å². The molecule has 0 aliphatic rings. The largest absolute Gasteiger partial charge is 0.329 e. The van der Waals surface area contributed by atoms with Crippen molar-refractivity contribution in [3.63, 3.8) is 0 Å². The number of aryl methyl sites for hydroxylation is 1. The highest BCUT2D eigenvalue weighted by Gasteiger charge is 2.25. The van der Waals surface area contributed by atoms with Gasteiger partial charge in [-0.15, -0.1) is 0 Å². The fourth-order valence-corrected chi connectivity index (χ4v) is 5.29. The molecule has 4 rings (SSSR count). The van der Waals surface area contributed by atoms with Crippen LogP contribution < -0.4 is 10.0 Å². The molecule has 0 saturated carbocycles. The smallest absolute Gasteiger partial charge is 0.329 e. The highest BCUT2D eigenvalue weighted by Crippen LogP contribution is 2.31. The van der Waals surface area contributed by atoms with Gasteiger partial charge in [0.1, 0.15) is 11.6 Å². The summed E-state index contributed by atoms with van der Waals surface area (Å²) in [5.41, 5.74) is 1.93. The topological polar surface area (TPSA) is 101 Å². The molecule has 0 aliphatic carbocycles. The Bertz CT molecular complexity index is 1590. The van der Waals surface area contributed by atoms with Crippen LogP contribution in [0.5, 0.6) is 0 Å². The van der Waals surface area contributed by atoms with Crippen LogP contribution in [0.1, 0.15) is 28.4 Å². The van der Waals surface area contributed by atoms with Crippen LogP contribution in [0.3, 0.4) is 0 Å². The number of pyridine rings is 2. The number of sulfonamides is 1. The van der Waals surface area contributed by atoms with Crippen LogP contribution in [-0.2, 0) is 16.4 Å². The number of benzene rings is 2. The number of hydrogen-bond donors (Lipinski definition) is 2. The first-order valence-corrected chi connectivity index (χ1v) is 12.9. The Kier molecular flexibility index (Phi) is 7.77. The maximum Gasteiger partial charge on any atom is 0.329 e. The van der Waals surface area contributed by atoms with Crippen molar-refractivity contribution in [1.82, 2.24) is 20.0 Å². The van der Waals surface area contributed by atoms with E-state index < -0.39 is 39.7 Å². The summed E-state index contributed by atoms with van der Waals surface area (Å²) in [6.07, 6.45) is 2.57. The first-order chi connectivity index (χ1) is 18.0. The van der Waals surface area contributed by atoms with Gasteiger partial charge in [-0.2, -0.15) is 4.39 Å². The van der Waals surface area contributed by atoms with Crippen molar-refractivity contribution in [2.24, 2.45) is 0 Å². The van der Waals surface area contributed by atoms with E-state index in [9.17, 15) is 26.4 Å². The molecule has 2 amide bonds. The quantitative estimate of drug-likeness (QED) is 0.316. The molecule has 0 bridgehead atoms. The Labute approximate surface area is 217 Å². The van der Waals surface area contributed by atoms with Gasteiger partial charge < -0.3 is 5.32 Å². The molecular formula is C27H23F3N4O3S. The first kappa shape index (κ1) is 26.8. The van der Waals surface area contributed by atoms with Crippen LogP contribution in [0.15, 0.2) is 78.0 Å². The van der Waals surface area contributed by atoms with E-state index in [2.05, 4.69) is 15.3 Å². The summed E-state index contributed by atoms with van der Waals surface area (Å²) in [5.74, 6) is -2.34. The predicted octanol–water partition coefficient (Wildman–Crippen LogP) is 5.15. The Morgan fingerprint density at radius 2 is 1.61 bits per heavy atom. The zero-order valence-electron chi connectivity index (χ0n) is 20.4. The number of carbonyl (C=O) groups excluding carboxylic acids is 1. The minimum atomic E-state index is -4.24. The van der Waals surface area contributed by atoms with Crippen molar-refractivity contribution in [2.75, 3.05) is 0 Å². The van der Waals surface area contributed by atoms with Gasteiger partial charge in [0.25, 0.3) is 10.0 Å². The lowest BCUT2D eigenvalue weighted by molar-refractivity contribution is 0.242. The second-order valence-corrected chi connectivity index (χ2v) is 10.2. The highest BCUT2D eigenvalue weighted by atomic mass is 32.2. The summed E-state index contributed by atoms with van der Waals surface area (Å²) in [4.78, 5) is 20.9. The molecule has 7 nitrogen and oxygen atoms in total. The van der Waals surface area contributed by atoms with E-state index in [1.807, 2.05) is 4.72 Å². The van der Waals surface area contributed by atoms with Gasteiger partial charge >= 0.3 is 6.03 Å². The lowest BCUT2D eigenvalue weighted by Crippen LogP contribution is -2.42. The number of hydrogen-bond acceptors (Lipinski definition) is 5. The molecule has 196 valence electrons. The van der Waals surface area contributed by atoms with E-state index in [0.717, 1.165) is 12.1 Å². The fourth-order valence-electron chi connectivity index (χ4n) is 4.13. The Balaban J connectivity index is 1.74. The lowest BCUT2D eigenvalue weighted by Gasteiger charge is -2.22. The summed E-state index contributed by atoms with van der Waals surface area (Å²) in [6, 6.07) is 11.7. The number of nitrogens with one attached hydrogen (secondary N) is 2. The molecule has 0 aliphatic heterocycles. The molecule has 2 heterocycles. The average molecular weight is 541 g/mol. The predicted molar refractivity (Wildman–Crippen MR) is 135 cm³/mol. The minimum absolute atomic E-state index is 0.0830. The molecule has 0 saturated heterocycles. The van der Waals surface area contributed by atoms with E-state index >= 15 is 0 Å². The molecule has 38 heavy (non-hydrogen) atoms. The monoisotopic (exact) mass is 540 g/mol. The standard InChI is InChI=1S/C27H23F3N4O3S/c1-16-6-3-4-8-24(16)38(36,37)34-27(35)33-23(14-18-12-19(28)15-20(29)13-18)25-22(7-5-10-31-25)21-9-11-32-26(30)17(21)2/h3-13,15,23H,14H2,1-2H3,(H2,33,34,35). The van der Waals surface area contributed by atoms with Crippen LogP contribution in [0, 0.1) is 31.4 Å². The van der Waals surface area contributed by atoms with Crippen molar-refractivity contribution >= 4 is 16.1 Å². The number of amides is 2. The molecule has 2 N–H and O–H groups in total. The summed E-state index contributed by atoms with van der Waals surface area (Å²) in [6.45, 7) is 3.12. The third-order valence-corrected chi connectivity index (χ3v) is 7.37. The van der Waals surface area contributed by atoms with Gasteiger partial charge in [-0.05, 0) is 67.3 Å². The van der Waals surface area contributed by atoms with Gasteiger partial charge in [0.05, 0.1) is 16.6 Å². The molecule has 0 spiro atoms. The molecule has 4 aromatic rings. The van der Waals surface area contributed by atoms with E-state index in [-0.39, 0.29) is 28.1 Å². The Hall–Kier alpha value is -4.25.